The zero-order valence-corrected chi connectivity index (χ0v) is 13.0. The SMILES string of the molecule is OC[C@H](c1ccccc1)N1[C@H]2C[C@H](I)[C@@H]1CC[C@@H]2O. The molecule has 0 aromatic heterocycles. The fraction of sp³-hybridized carbons (Fsp3) is 0.600. The van der Waals surface area contributed by atoms with Crippen LogP contribution in [0.15, 0.2) is 30.3 Å². The summed E-state index contributed by atoms with van der Waals surface area (Å²) in [5.41, 5.74) is 1.15. The Labute approximate surface area is 127 Å². The number of fused-ring (bicyclic) bond motifs is 2. The van der Waals surface area contributed by atoms with Gasteiger partial charge in [-0.15, -0.1) is 0 Å². The molecule has 0 spiro atoms. The number of piperidine rings is 1. The van der Waals surface area contributed by atoms with Gasteiger partial charge in [-0.1, -0.05) is 52.9 Å². The summed E-state index contributed by atoms with van der Waals surface area (Å²) in [5.74, 6) is 0. The number of aliphatic hydroxyl groups excluding tert-OH is 2. The Morgan fingerprint density at radius 1 is 1.21 bits per heavy atom. The molecule has 3 rings (SSSR count). The van der Waals surface area contributed by atoms with Gasteiger partial charge in [0.05, 0.1) is 18.8 Å². The second-order valence-corrected chi connectivity index (χ2v) is 7.19. The molecular formula is C15H20INO2. The molecule has 2 fully saturated rings. The van der Waals surface area contributed by atoms with Crippen LogP contribution in [0.2, 0.25) is 0 Å². The number of rotatable bonds is 3. The van der Waals surface area contributed by atoms with E-state index in [-0.39, 0.29) is 24.8 Å². The molecule has 0 radical (unpaired) electrons. The van der Waals surface area contributed by atoms with Crippen molar-refractivity contribution in [3.8, 4) is 0 Å². The van der Waals surface area contributed by atoms with Gasteiger partial charge in [-0.05, 0) is 24.8 Å². The number of halogens is 1. The molecule has 0 unspecified atom stereocenters. The highest BCUT2D eigenvalue weighted by atomic mass is 127. The zero-order valence-electron chi connectivity index (χ0n) is 10.8. The predicted molar refractivity (Wildman–Crippen MR) is 83.3 cm³/mol. The van der Waals surface area contributed by atoms with Crippen LogP contribution in [-0.4, -0.2) is 43.8 Å². The maximum absolute atomic E-state index is 10.2. The van der Waals surface area contributed by atoms with Crippen molar-refractivity contribution in [3.05, 3.63) is 35.9 Å². The summed E-state index contributed by atoms with van der Waals surface area (Å²) in [5, 5.41) is 20.1. The van der Waals surface area contributed by atoms with Crippen molar-refractivity contribution in [2.45, 2.75) is 47.4 Å². The van der Waals surface area contributed by atoms with Crippen LogP contribution in [0.4, 0.5) is 0 Å². The lowest BCUT2D eigenvalue weighted by atomic mass is 9.95. The van der Waals surface area contributed by atoms with Crippen molar-refractivity contribution in [3.63, 3.8) is 0 Å². The molecule has 5 atom stereocenters. The summed E-state index contributed by atoms with van der Waals surface area (Å²) in [4.78, 5) is 2.38. The van der Waals surface area contributed by atoms with Crippen molar-refractivity contribution >= 4 is 22.6 Å². The van der Waals surface area contributed by atoms with E-state index in [2.05, 4.69) is 39.6 Å². The van der Waals surface area contributed by atoms with Crippen molar-refractivity contribution in [2.24, 2.45) is 0 Å². The maximum atomic E-state index is 10.2. The first-order chi connectivity index (χ1) is 9.22. The zero-order chi connectivity index (χ0) is 13.4. The Morgan fingerprint density at radius 2 is 1.95 bits per heavy atom. The number of alkyl halides is 1. The minimum absolute atomic E-state index is 0.0194. The fourth-order valence-corrected chi connectivity index (χ4v) is 4.92. The number of hydrogen-bond acceptors (Lipinski definition) is 3. The molecule has 2 saturated heterocycles. The summed E-state index contributed by atoms with van der Waals surface area (Å²) in [6.07, 6.45) is 2.73. The molecule has 0 amide bonds. The van der Waals surface area contributed by atoms with Crippen molar-refractivity contribution in [1.29, 1.82) is 0 Å². The molecule has 0 saturated carbocycles. The molecule has 1 aromatic rings. The third-order valence-corrected chi connectivity index (χ3v) is 5.91. The second kappa shape index (κ2) is 5.68. The first-order valence-electron chi connectivity index (χ1n) is 6.97. The van der Waals surface area contributed by atoms with Crippen LogP contribution in [0.25, 0.3) is 0 Å². The Bertz CT molecular complexity index is 427. The molecule has 19 heavy (non-hydrogen) atoms. The van der Waals surface area contributed by atoms with Gasteiger partial charge in [0.2, 0.25) is 0 Å². The average molecular weight is 373 g/mol. The molecule has 0 aliphatic carbocycles. The predicted octanol–water partition coefficient (Wildman–Crippen LogP) is 2.12. The van der Waals surface area contributed by atoms with Crippen LogP contribution >= 0.6 is 22.6 Å². The van der Waals surface area contributed by atoms with E-state index in [1.165, 1.54) is 0 Å². The summed E-state index contributed by atoms with van der Waals surface area (Å²) in [6, 6.07) is 10.9. The summed E-state index contributed by atoms with van der Waals surface area (Å²) in [7, 11) is 0. The highest BCUT2D eigenvalue weighted by molar-refractivity contribution is 14.1. The lowest BCUT2D eigenvalue weighted by Crippen LogP contribution is -2.50. The molecule has 4 heteroatoms. The standard InChI is InChI=1S/C15H20INO2/c16-11-8-13-15(19)7-6-12(11)17(13)14(9-18)10-4-2-1-3-5-10/h1-5,11-15,18-19H,6-9H2/t11-,12-,13-,14+,15-/m0/s1. The molecule has 3 nitrogen and oxygen atoms in total. The normalized spacial score (nSPS) is 36.4. The first-order valence-corrected chi connectivity index (χ1v) is 8.22. The molecular weight excluding hydrogens is 353 g/mol. The quantitative estimate of drug-likeness (QED) is 0.630. The largest absolute Gasteiger partial charge is 0.394 e. The smallest absolute Gasteiger partial charge is 0.0696 e. The summed E-state index contributed by atoms with van der Waals surface area (Å²) < 4.78 is 0.581. The second-order valence-electron chi connectivity index (χ2n) is 5.59. The van der Waals surface area contributed by atoms with E-state index in [4.69, 9.17) is 0 Å². The number of nitrogens with zero attached hydrogens (tertiary/aromatic N) is 1. The molecule has 104 valence electrons. The Hall–Kier alpha value is -0.170. The highest BCUT2D eigenvalue weighted by Gasteiger charge is 2.49. The highest BCUT2D eigenvalue weighted by Crippen LogP contribution is 2.44. The van der Waals surface area contributed by atoms with Gasteiger partial charge in [0, 0.05) is 16.0 Å². The number of aliphatic hydroxyl groups is 2. The van der Waals surface area contributed by atoms with Crippen LogP contribution < -0.4 is 0 Å². The van der Waals surface area contributed by atoms with Crippen LogP contribution in [0.5, 0.6) is 0 Å². The summed E-state index contributed by atoms with van der Waals surface area (Å²) in [6.45, 7) is 0.118. The average Bonchev–Trinajstić information content (AvgIpc) is 2.67. The van der Waals surface area contributed by atoms with Crippen LogP contribution in [0, 0.1) is 0 Å². The lowest BCUT2D eigenvalue weighted by molar-refractivity contribution is -0.0245. The minimum atomic E-state index is -0.242. The van der Waals surface area contributed by atoms with E-state index in [0.717, 1.165) is 24.8 Å². The lowest BCUT2D eigenvalue weighted by Gasteiger charge is -2.42. The summed E-state index contributed by atoms with van der Waals surface area (Å²) >= 11 is 2.51. The van der Waals surface area contributed by atoms with Gasteiger partial charge in [0.15, 0.2) is 0 Å². The Morgan fingerprint density at radius 3 is 2.63 bits per heavy atom. The van der Waals surface area contributed by atoms with Crippen molar-refractivity contribution in [2.75, 3.05) is 6.61 Å². The monoisotopic (exact) mass is 373 g/mol. The van der Waals surface area contributed by atoms with Crippen LogP contribution in [0.1, 0.15) is 30.9 Å². The van der Waals surface area contributed by atoms with Gasteiger partial charge in [0.25, 0.3) is 0 Å². The van der Waals surface area contributed by atoms with E-state index in [0.29, 0.717) is 9.97 Å². The van der Waals surface area contributed by atoms with Crippen LogP contribution in [0.3, 0.4) is 0 Å². The first kappa shape index (κ1) is 13.8. The van der Waals surface area contributed by atoms with Crippen LogP contribution in [-0.2, 0) is 0 Å². The third-order valence-electron chi connectivity index (χ3n) is 4.57. The van der Waals surface area contributed by atoms with E-state index in [9.17, 15) is 10.2 Å². The van der Waals surface area contributed by atoms with E-state index in [1.54, 1.807) is 0 Å². The van der Waals surface area contributed by atoms with Gasteiger partial charge in [0.1, 0.15) is 0 Å². The molecule has 2 bridgehead atoms. The molecule has 1 aromatic carbocycles. The van der Waals surface area contributed by atoms with E-state index in [1.807, 2.05) is 18.2 Å². The molecule has 2 N–H and O–H groups in total. The Balaban J connectivity index is 1.91. The van der Waals surface area contributed by atoms with Gasteiger partial charge in [-0.25, -0.2) is 0 Å². The molecule has 2 heterocycles. The topological polar surface area (TPSA) is 43.7 Å². The number of hydrogen-bond donors (Lipinski definition) is 2. The third kappa shape index (κ3) is 2.44. The Kier molecular flexibility index (Phi) is 4.12. The van der Waals surface area contributed by atoms with Gasteiger partial charge >= 0.3 is 0 Å². The minimum Gasteiger partial charge on any atom is -0.394 e. The van der Waals surface area contributed by atoms with Gasteiger partial charge in [-0.2, -0.15) is 0 Å². The maximum Gasteiger partial charge on any atom is 0.0696 e. The van der Waals surface area contributed by atoms with Crippen molar-refractivity contribution < 1.29 is 10.2 Å². The molecule has 2 aliphatic heterocycles. The van der Waals surface area contributed by atoms with E-state index >= 15 is 0 Å². The fourth-order valence-electron chi connectivity index (χ4n) is 3.67. The van der Waals surface area contributed by atoms with E-state index < -0.39 is 0 Å². The van der Waals surface area contributed by atoms with Crippen molar-refractivity contribution in [1.82, 2.24) is 4.90 Å². The van der Waals surface area contributed by atoms with Gasteiger partial charge < -0.3 is 10.2 Å². The number of benzene rings is 1. The van der Waals surface area contributed by atoms with Gasteiger partial charge in [-0.3, -0.25) is 4.90 Å². The molecule has 2 aliphatic rings.